The minimum atomic E-state index is 0.138. The lowest BCUT2D eigenvalue weighted by Gasteiger charge is -2.08. The molecule has 0 aliphatic carbocycles. The second-order valence-electron chi connectivity index (χ2n) is 3.31. The highest BCUT2D eigenvalue weighted by molar-refractivity contribution is 7.97. The highest BCUT2D eigenvalue weighted by Gasteiger charge is 2.04. The van der Waals surface area contributed by atoms with Crippen LogP contribution in [0.25, 0.3) is 0 Å². The van der Waals surface area contributed by atoms with Crippen molar-refractivity contribution >= 4 is 11.8 Å². The van der Waals surface area contributed by atoms with Crippen LogP contribution in [-0.2, 0) is 12.3 Å². The summed E-state index contributed by atoms with van der Waals surface area (Å²) < 4.78 is 5.61. The molecule has 1 unspecified atom stereocenters. The molecular formula is C12H17NOS. The van der Waals surface area contributed by atoms with Gasteiger partial charge >= 0.3 is 0 Å². The molecule has 0 saturated carbocycles. The zero-order valence-corrected chi connectivity index (χ0v) is 10.1. The van der Waals surface area contributed by atoms with E-state index in [2.05, 4.69) is 24.4 Å². The Morgan fingerprint density at radius 2 is 2.27 bits per heavy atom. The van der Waals surface area contributed by atoms with Crippen LogP contribution in [0.2, 0.25) is 0 Å². The highest BCUT2D eigenvalue weighted by Crippen LogP contribution is 2.13. The molecule has 3 heteroatoms. The highest BCUT2D eigenvalue weighted by atomic mass is 32.2. The molecule has 0 radical (unpaired) electrons. The number of hydrogen-bond acceptors (Lipinski definition) is 3. The average molecular weight is 223 g/mol. The van der Waals surface area contributed by atoms with Crippen molar-refractivity contribution in [3.05, 3.63) is 23.7 Å². The van der Waals surface area contributed by atoms with Gasteiger partial charge in [-0.25, -0.2) is 0 Å². The van der Waals surface area contributed by atoms with E-state index >= 15 is 0 Å². The van der Waals surface area contributed by atoms with Crippen LogP contribution in [0.5, 0.6) is 0 Å². The fourth-order valence-corrected chi connectivity index (χ4v) is 1.72. The van der Waals surface area contributed by atoms with E-state index in [1.54, 1.807) is 11.8 Å². The summed E-state index contributed by atoms with van der Waals surface area (Å²) in [4.78, 5) is 0. The topological polar surface area (TPSA) is 25.2 Å². The Morgan fingerprint density at radius 1 is 1.53 bits per heavy atom. The van der Waals surface area contributed by atoms with Gasteiger partial charge in [0.05, 0.1) is 18.3 Å². The van der Waals surface area contributed by atoms with Crippen molar-refractivity contribution in [3.63, 3.8) is 0 Å². The van der Waals surface area contributed by atoms with E-state index in [1.165, 1.54) is 0 Å². The Hall–Kier alpha value is -0.850. The number of nitrogens with one attached hydrogen (secondary N) is 1. The molecule has 1 aromatic rings. The van der Waals surface area contributed by atoms with Crippen LogP contribution < -0.4 is 5.32 Å². The van der Waals surface area contributed by atoms with E-state index in [0.29, 0.717) is 6.54 Å². The Balaban J connectivity index is 2.40. The molecule has 0 fully saturated rings. The molecule has 1 N–H and O–H groups in total. The van der Waals surface area contributed by atoms with Crippen LogP contribution in [0.15, 0.2) is 16.5 Å². The first-order valence-electron chi connectivity index (χ1n) is 5.06. The molecule has 0 bridgehead atoms. The molecule has 1 aromatic heterocycles. The molecule has 0 aromatic carbocycles. The Labute approximate surface area is 95.8 Å². The Bertz CT molecular complexity index is 327. The summed E-state index contributed by atoms with van der Waals surface area (Å²) in [6.45, 7) is 2.77. The van der Waals surface area contributed by atoms with Gasteiger partial charge in [-0.1, -0.05) is 12.8 Å². The van der Waals surface area contributed by atoms with E-state index in [4.69, 9.17) is 10.8 Å². The fraction of sp³-hybridized carbons (Fsp3) is 0.500. The minimum Gasteiger partial charge on any atom is -0.464 e. The van der Waals surface area contributed by atoms with Crippen LogP contribution in [0, 0.1) is 12.3 Å². The Morgan fingerprint density at radius 3 is 2.87 bits per heavy atom. The first-order valence-corrected chi connectivity index (χ1v) is 6.45. The van der Waals surface area contributed by atoms with Crippen molar-refractivity contribution in [2.24, 2.45) is 0 Å². The summed E-state index contributed by atoms with van der Waals surface area (Å²) in [7, 11) is 0. The summed E-state index contributed by atoms with van der Waals surface area (Å²) in [6.07, 6.45) is 8.35. The van der Waals surface area contributed by atoms with Crippen LogP contribution in [0.4, 0.5) is 0 Å². The zero-order chi connectivity index (χ0) is 11.1. The molecule has 2 nitrogen and oxygen atoms in total. The second kappa shape index (κ2) is 6.60. The lowest BCUT2D eigenvalue weighted by atomic mass is 10.2. The molecule has 1 heterocycles. The van der Waals surface area contributed by atoms with Gasteiger partial charge in [-0.15, -0.1) is 6.42 Å². The van der Waals surface area contributed by atoms with Crippen molar-refractivity contribution in [1.82, 2.24) is 5.32 Å². The smallest absolute Gasteiger partial charge is 0.118 e. The maximum absolute atomic E-state index is 5.61. The summed E-state index contributed by atoms with van der Waals surface area (Å²) >= 11 is 1.75. The number of rotatable bonds is 6. The lowest BCUT2D eigenvalue weighted by molar-refractivity contribution is 0.448. The van der Waals surface area contributed by atoms with Gasteiger partial charge in [0.25, 0.3) is 0 Å². The summed E-state index contributed by atoms with van der Waals surface area (Å²) in [5, 5.41) is 3.25. The lowest BCUT2D eigenvalue weighted by Crippen LogP contribution is -2.25. The van der Waals surface area contributed by atoms with E-state index in [-0.39, 0.29) is 6.04 Å². The fourth-order valence-electron chi connectivity index (χ4n) is 1.28. The third-order valence-electron chi connectivity index (χ3n) is 2.14. The number of hydrogen-bond donors (Lipinski definition) is 1. The monoisotopic (exact) mass is 223 g/mol. The van der Waals surface area contributed by atoms with Crippen LogP contribution in [0.1, 0.15) is 24.9 Å². The van der Waals surface area contributed by atoms with E-state index in [1.807, 2.05) is 12.1 Å². The largest absolute Gasteiger partial charge is 0.464 e. The van der Waals surface area contributed by atoms with Gasteiger partial charge in [-0.2, -0.15) is 11.8 Å². The van der Waals surface area contributed by atoms with Gasteiger partial charge in [0.1, 0.15) is 11.5 Å². The predicted molar refractivity (Wildman–Crippen MR) is 65.7 cm³/mol. The van der Waals surface area contributed by atoms with Gasteiger partial charge in [0, 0.05) is 0 Å². The molecule has 15 heavy (non-hydrogen) atoms. The van der Waals surface area contributed by atoms with Gasteiger partial charge < -0.3 is 4.42 Å². The maximum atomic E-state index is 5.61. The van der Waals surface area contributed by atoms with Crippen LogP contribution in [-0.4, -0.2) is 12.3 Å². The maximum Gasteiger partial charge on any atom is 0.118 e. The van der Waals surface area contributed by atoms with Crippen molar-refractivity contribution in [2.75, 3.05) is 6.26 Å². The van der Waals surface area contributed by atoms with Gasteiger partial charge in [0.15, 0.2) is 0 Å². The zero-order valence-electron chi connectivity index (χ0n) is 9.25. The second-order valence-corrected chi connectivity index (χ2v) is 4.18. The molecular weight excluding hydrogens is 206 g/mol. The van der Waals surface area contributed by atoms with Gasteiger partial charge in [-0.3, -0.25) is 5.32 Å². The SMILES string of the molecule is C#CC(CC)NCc1ccc(CSC)o1. The van der Waals surface area contributed by atoms with Crippen molar-refractivity contribution in [1.29, 1.82) is 0 Å². The normalized spacial score (nSPS) is 12.3. The molecule has 0 spiro atoms. The standard InChI is InChI=1S/C12H17NOS/c1-4-10(5-2)13-8-11-6-7-12(14-11)9-15-3/h1,6-7,10,13H,5,8-9H2,2-3H3. The summed E-state index contributed by atoms with van der Waals surface area (Å²) in [6, 6.07) is 4.16. The van der Waals surface area contributed by atoms with Crippen molar-refractivity contribution in [3.8, 4) is 12.3 Å². The quantitative estimate of drug-likeness (QED) is 0.751. The molecule has 1 rings (SSSR count). The minimum absolute atomic E-state index is 0.138. The molecule has 0 saturated heterocycles. The van der Waals surface area contributed by atoms with Crippen LogP contribution in [0.3, 0.4) is 0 Å². The molecule has 0 amide bonds. The molecule has 0 aliphatic rings. The van der Waals surface area contributed by atoms with E-state index < -0.39 is 0 Å². The number of furan rings is 1. The van der Waals surface area contributed by atoms with E-state index in [9.17, 15) is 0 Å². The molecule has 82 valence electrons. The van der Waals surface area contributed by atoms with Crippen molar-refractivity contribution in [2.45, 2.75) is 31.7 Å². The third-order valence-corrected chi connectivity index (χ3v) is 2.71. The summed E-state index contributed by atoms with van der Waals surface area (Å²) in [5.74, 6) is 5.59. The average Bonchev–Trinajstić information content (AvgIpc) is 2.68. The number of thioether (sulfide) groups is 1. The number of terminal acetylenes is 1. The third kappa shape index (κ3) is 4.03. The van der Waals surface area contributed by atoms with Crippen LogP contribution >= 0.6 is 11.8 Å². The molecule has 1 atom stereocenters. The molecule has 0 aliphatic heterocycles. The summed E-state index contributed by atoms with van der Waals surface area (Å²) in [5.41, 5.74) is 0. The predicted octanol–water partition coefficient (Wildman–Crippen LogP) is 2.64. The van der Waals surface area contributed by atoms with Gasteiger partial charge in [-0.05, 0) is 24.8 Å². The van der Waals surface area contributed by atoms with Crippen molar-refractivity contribution < 1.29 is 4.42 Å². The first-order chi connectivity index (χ1) is 7.30. The Kier molecular flexibility index (Phi) is 5.38. The van der Waals surface area contributed by atoms with Gasteiger partial charge in [0.2, 0.25) is 0 Å². The van der Waals surface area contributed by atoms with E-state index in [0.717, 1.165) is 23.7 Å². The first kappa shape index (κ1) is 12.2.